The summed E-state index contributed by atoms with van der Waals surface area (Å²) < 4.78 is 5.22. The van der Waals surface area contributed by atoms with Gasteiger partial charge in [0.15, 0.2) is 5.78 Å². The van der Waals surface area contributed by atoms with Crippen LogP contribution in [-0.4, -0.2) is 41.0 Å². The summed E-state index contributed by atoms with van der Waals surface area (Å²) in [7, 11) is 1.47. The summed E-state index contributed by atoms with van der Waals surface area (Å²) in [6, 6.07) is 0. The van der Waals surface area contributed by atoms with Crippen molar-refractivity contribution in [1.82, 2.24) is 5.01 Å². The molecule has 1 amide bonds. The number of hydrazone groups is 1. The average molecular weight is 310 g/mol. The Labute approximate surface area is 131 Å². The van der Waals surface area contributed by atoms with E-state index in [0.29, 0.717) is 25.0 Å². The summed E-state index contributed by atoms with van der Waals surface area (Å²) in [6.07, 6.45) is 0.982. The van der Waals surface area contributed by atoms with Crippen LogP contribution in [0.25, 0.3) is 0 Å². The molecule has 1 aliphatic carbocycles. The van der Waals surface area contributed by atoms with Gasteiger partial charge in [-0.1, -0.05) is 13.8 Å². The Kier molecular flexibility index (Phi) is 5.85. The summed E-state index contributed by atoms with van der Waals surface area (Å²) in [5.41, 5.74) is -0.163. The fraction of sp³-hybridized carbons (Fsp3) is 0.750. The second kappa shape index (κ2) is 7.03. The molecule has 0 aromatic rings. The van der Waals surface area contributed by atoms with Crippen molar-refractivity contribution in [2.75, 3.05) is 7.05 Å². The number of Topliss-reactive ketones (excluding diaryl/α,β-unsaturated/α-hetero) is 2. The van der Waals surface area contributed by atoms with Crippen LogP contribution >= 0.6 is 0 Å². The molecule has 1 aliphatic rings. The lowest BCUT2D eigenvalue weighted by Gasteiger charge is -2.26. The Bertz CT molecular complexity index is 489. The molecular weight excluding hydrogens is 284 g/mol. The molecule has 0 N–H and O–H groups in total. The minimum Gasteiger partial charge on any atom is -0.442 e. The summed E-state index contributed by atoms with van der Waals surface area (Å²) in [5.74, 6) is -1.31. The Morgan fingerprint density at radius 1 is 1.27 bits per heavy atom. The molecule has 0 aromatic carbocycles. The molecule has 1 rings (SSSR count). The van der Waals surface area contributed by atoms with Crippen molar-refractivity contribution in [1.29, 1.82) is 0 Å². The van der Waals surface area contributed by atoms with Crippen molar-refractivity contribution in [2.24, 2.45) is 16.9 Å². The molecule has 1 atom stereocenters. The Hall–Kier alpha value is -1.72. The zero-order chi connectivity index (χ0) is 17.1. The number of ether oxygens (including phenoxy) is 1. The van der Waals surface area contributed by atoms with Gasteiger partial charge in [-0.3, -0.25) is 9.59 Å². The van der Waals surface area contributed by atoms with Gasteiger partial charge in [-0.05, 0) is 33.6 Å². The van der Waals surface area contributed by atoms with E-state index < -0.39 is 17.6 Å². The minimum atomic E-state index is -0.821. The van der Waals surface area contributed by atoms with E-state index in [-0.39, 0.29) is 17.5 Å². The first-order valence-electron chi connectivity index (χ1n) is 7.63. The monoisotopic (exact) mass is 310 g/mol. The van der Waals surface area contributed by atoms with Crippen LogP contribution in [-0.2, 0) is 14.3 Å². The highest BCUT2D eigenvalue weighted by Gasteiger charge is 2.36. The van der Waals surface area contributed by atoms with Crippen LogP contribution in [0.5, 0.6) is 0 Å². The molecule has 6 nitrogen and oxygen atoms in total. The van der Waals surface area contributed by atoms with Crippen LogP contribution in [0, 0.1) is 11.8 Å². The van der Waals surface area contributed by atoms with Crippen molar-refractivity contribution in [3.05, 3.63) is 0 Å². The maximum Gasteiger partial charge on any atom is 0.430 e. The number of amides is 1. The largest absolute Gasteiger partial charge is 0.442 e. The Balaban J connectivity index is 2.96. The van der Waals surface area contributed by atoms with Crippen molar-refractivity contribution in [2.45, 2.75) is 59.5 Å². The first-order valence-corrected chi connectivity index (χ1v) is 7.63. The van der Waals surface area contributed by atoms with E-state index in [0.717, 1.165) is 5.01 Å². The number of carbonyl (C=O) groups excluding carboxylic acids is 3. The van der Waals surface area contributed by atoms with Crippen LogP contribution in [0.15, 0.2) is 5.10 Å². The third-order valence-electron chi connectivity index (χ3n) is 3.30. The maximum atomic E-state index is 12.3. The van der Waals surface area contributed by atoms with Crippen LogP contribution in [0.2, 0.25) is 0 Å². The van der Waals surface area contributed by atoms with Crippen molar-refractivity contribution >= 4 is 23.4 Å². The normalized spacial score (nSPS) is 21.1. The summed E-state index contributed by atoms with van der Waals surface area (Å²) in [6.45, 7) is 8.82. The van der Waals surface area contributed by atoms with Gasteiger partial charge < -0.3 is 4.74 Å². The van der Waals surface area contributed by atoms with Gasteiger partial charge in [-0.2, -0.15) is 5.10 Å². The van der Waals surface area contributed by atoms with Crippen LogP contribution in [0.3, 0.4) is 0 Å². The molecule has 0 aromatic heterocycles. The number of carbonyl (C=O) groups is 3. The van der Waals surface area contributed by atoms with E-state index in [2.05, 4.69) is 5.10 Å². The van der Waals surface area contributed by atoms with Crippen molar-refractivity contribution < 1.29 is 19.1 Å². The molecule has 0 spiro atoms. The Morgan fingerprint density at radius 2 is 1.86 bits per heavy atom. The zero-order valence-electron chi connectivity index (χ0n) is 14.3. The van der Waals surface area contributed by atoms with E-state index >= 15 is 0 Å². The molecule has 124 valence electrons. The van der Waals surface area contributed by atoms with Gasteiger partial charge >= 0.3 is 6.09 Å². The molecule has 1 fully saturated rings. The lowest BCUT2D eigenvalue weighted by Crippen LogP contribution is -2.40. The SMILES string of the molecule is CC(C)C(=O)C1C(=O)CCC/C1=N/N(C)C(=O)OC(C)(C)C. The maximum absolute atomic E-state index is 12.3. The predicted octanol–water partition coefficient (Wildman–Crippen LogP) is 2.80. The standard InChI is InChI=1S/C16H26N2O4/c1-10(2)14(20)13-11(8-7-9-12(13)19)17-18(6)15(21)22-16(3,4)5/h10,13H,7-9H2,1-6H3/b17-11-. The fourth-order valence-corrected chi connectivity index (χ4v) is 2.24. The lowest BCUT2D eigenvalue weighted by atomic mass is 9.80. The number of nitrogens with zero attached hydrogens (tertiary/aromatic N) is 2. The van der Waals surface area contributed by atoms with Gasteiger partial charge in [0.05, 0.1) is 5.71 Å². The fourth-order valence-electron chi connectivity index (χ4n) is 2.24. The second-order valence-electron chi connectivity index (χ2n) is 6.91. The lowest BCUT2D eigenvalue weighted by molar-refractivity contribution is -0.132. The van der Waals surface area contributed by atoms with E-state index in [9.17, 15) is 14.4 Å². The van der Waals surface area contributed by atoms with E-state index in [1.807, 2.05) is 0 Å². The number of rotatable bonds is 3. The van der Waals surface area contributed by atoms with Gasteiger partial charge in [0.25, 0.3) is 0 Å². The highest BCUT2D eigenvalue weighted by molar-refractivity contribution is 6.22. The van der Waals surface area contributed by atoms with Crippen LogP contribution in [0.1, 0.15) is 53.9 Å². The van der Waals surface area contributed by atoms with E-state index in [4.69, 9.17) is 4.74 Å². The second-order valence-corrected chi connectivity index (χ2v) is 6.91. The highest BCUT2D eigenvalue weighted by atomic mass is 16.6. The first kappa shape index (κ1) is 18.3. The van der Waals surface area contributed by atoms with Crippen LogP contribution < -0.4 is 0 Å². The number of hydrogen-bond donors (Lipinski definition) is 0. The molecule has 1 saturated carbocycles. The minimum absolute atomic E-state index is 0.110. The van der Waals surface area contributed by atoms with Gasteiger partial charge in [-0.25, -0.2) is 9.80 Å². The molecule has 22 heavy (non-hydrogen) atoms. The van der Waals surface area contributed by atoms with Gasteiger partial charge in [0.1, 0.15) is 17.3 Å². The topological polar surface area (TPSA) is 76.0 Å². The average Bonchev–Trinajstić information content (AvgIpc) is 2.36. The molecule has 1 unspecified atom stereocenters. The summed E-state index contributed by atoms with van der Waals surface area (Å²) in [4.78, 5) is 36.3. The third-order valence-corrected chi connectivity index (χ3v) is 3.30. The highest BCUT2D eigenvalue weighted by Crippen LogP contribution is 2.23. The van der Waals surface area contributed by atoms with E-state index in [1.165, 1.54) is 7.05 Å². The van der Waals surface area contributed by atoms with Gasteiger partial charge in [0, 0.05) is 19.4 Å². The molecular formula is C16H26N2O4. The van der Waals surface area contributed by atoms with Crippen LogP contribution in [0.4, 0.5) is 4.79 Å². The third kappa shape index (κ3) is 4.93. The van der Waals surface area contributed by atoms with E-state index in [1.54, 1.807) is 34.6 Å². The number of hydrogen-bond acceptors (Lipinski definition) is 5. The number of ketones is 2. The Morgan fingerprint density at radius 3 is 2.36 bits per heavy atom. The van der Waals surface area contributed by atoms with Gasteiger partial charge in [0.2, 0.25) is 0 Å². The summed E-state index contributed by atoms with van der Waals surface area (Å²) in [5, 5.41) is 5.26. The summed E-state index contributed by atoms with van der Waals surface area (Å²) >= 11 is 0. The molecule has 0 aliphatic heterocycles. The smallest absolute Gasteiger partial charge is 0.430 e. The zero-order valence-corrected chi connectivity index (χ0v) is 14.3. The molecule has 0 heterocycles. The first-order chi connectivity index (χ1) is 10.0. The quantitative estimate of drug-likeness (QED) is 0.593. The molecule has 0 radical (unpaired) electrons. The molecule has 0 bridgehead atoms. The van der Waals surface area contributed by atoms with Crippen molar-refractivity contribution in [3.63, 3.8) is 0 Å². The van der Waals surface area contributed by atoms with Gasteiger partial charge in [-0.15, -0.1) is 0 Å². The van der Waals surface area contributed by atoms with Crippen molar-refractivity contribution in [3.8, 4) is 0 Å². The molecule has 0 saturated heterocycles. The molecule has 6 heteroatoms. The predicted molar refractivity (Wildman–Crippen MR) is 83.6 cm³/mol.